The maximum Gasteiger partial charge on any atom is 0.316 e. The van der Waals surface area contributed by atoms with Crippen LogP contribution in [0.2, 0.25) is 0 Å². The smallest absolute Gasteiger partial charge is 0.316 e. The minimum Gasteiger partial charge on any atom is -0.465 e. The molecule has 2 atom stereocenters. The third-order valence-electron chi connectivity index (χ3n) is 2.64. The molecule has 0 aromatic heterocycles. The van der Waals surface area contributed by atoms with Gasteiger partial charge >= 0.3 is 5.97 Å². The van der Waals surface area contributed by atoms with E-state index in [1.165, 1.54) is 0 Å². The van der Waals surface area contributed by atoms with Gasteiger partial charge in [0.2, 0.25) is 0 Å². The number of piperidine rings is 1. The highest BCUT2D eigenvalue weighted by Gasteiger charge is 2.36. The van der Waals surface area contributed by atoms with Gasteiger partial charge in [-0.05, 0) is 19.9 Å². The van der Waals surface area contributed by atoms with Crippen molar-refractivity contribution >= 4 is 11.8 Å². The van der Waals surface area contributed by atoms with Gasteiger partial charge < -0.3 is 9.47 Å². The van der Waals surface area contributed by atoms with Crippen molar-refractivity contribution in [1.29, 1.82) is 0 Å². The van der Waals surface area contributed by atoms with E-state index in [0.717, 1.165) is 0 Å². The fourth-order valence-electron chi connectivity index (χ4n) is 1.77. The first kappa shape index (κ1) is 14.1. The van der Waals surface area contributed by atoms with Gasteiger partial charge in [-0.1, -0.05) is 0 Å². The molecule has 0 amide bonds. The number of hydrogen-bond acceptors (Lipinski definition) is 6. The van der Waals surface area contributed by atoms with Crippen LogP contribution in [0.5, 0.6) is 0 Å². The van der Waals surface area contributed by atoms with Crippen LogP contribution in [0.3, 0.4) is 0 Å². The topological polar surface area (TPSA) is 76.7 Å². The molecule has 1 rings (SSSR count). The number of Topliss-reactive ketones (excluding diaryl/α,β-unsaturated/α-hetero) is 1. The monoisotopic (exact) mass is 244 g/mol. The molecule has 0 aromatic carbocycles. The first-order valence-electron chi connectivity index (χ1n) is 5.86. The standard InChI is InChI=1S/C11H20N2O4/c1-3-17-11(15)8-4-5-12-10(9(8)14)13-6-7-16-2/h8,10,12-13H,3-7H2,1-2H3/t8-,10+/m1/s1. The van der Waals surface area contributed by atoms with Crippen molar-refractivity contribution < 1.29 is 19.1 Å². The summed E-state index contributed by atoms with van der Waals surface area (Å²) >= 11 is 0. The molecule has 2 N–H and O–H groups in total. The zero-order chi connectivity index (χ0) is 12.7. The van der Waals surface area contributed by atoms with Gasteiger partial charge in [0.15, 0.2) is 5.78 Å². The second-order valence-electron chi connectivity index (χ2n) is 3.83. The number of esters is 1. The van der Waals surface area contributed by atoms with Crippen LogP contribution in [0.4, 0.5) is 0 Å². The maximum absolute atomic E-state index is 12.0. The molecule has 0 unspecified atom stereocenters. The van der Waals surface area contributed by atoms with Crippen LogP contribution in [-0.2, 0) is 19.1 Å². The molecule has 0 spiro atoms. The summed E-state index contributed by atoms with van der Waals surface area (Å²) in [7, 11) is 1.60. The molecular weight excluding hydrogens is 224 g/mol. The molecule has 1 aliphatic rings. The van der Waals surface area contributed by atoms with Crippen LogP contribution < -0.4 is 10.6 Å². The highest BCUT2D eigenvalue weighted by Crippen LogP contribution is 2.13. The van der Waals surface area contributed by atoms with E-state index < -0.39 is 18.1 Å². The number of nitrogens with one attached hydrogen (secondary N) is 2. The summed E-state index contributed by atoms with van der Waals surface area (Å²) in [6.45, 7) is 3.75. The van der Waals surface area contributed by atoms with Crippen molar-refractivity contribution in [3.63, 3.8) is 0 Å². The summed E-state index contributed by atoms with van der Waals surface area (Å²) in [5.41, 5.74) is 0. The van der Waals surface area contributed by atoms with Crippen molar-refractivity contribution in [1.82, 2.24) is 10.6 Å². The fourth-order valence-corrected chi connectivity index (χ4v) is 1.77. The molecule has 0 bridgehead atoms. The van der Waals surface area contributed by atoms with Crippen LogP contribution in [-0.4, -0.2) is 51.3 Å². The van der Waals surface area contributed by atoms with Gasteiger partial charge in [0.1, 0.15) is 12.1 Å². The molecule has 0 saturated carbocycles. The minimum atomic E-state index is -0.642. The Morgan fingerprint density at radius 2 is 2.35 bits per heavy atom. The summed E-state index contributed by atoms with van der Waals surface area (Å²) in [6.07, 6.45) is 0.0217. The molecule has 98 valence electrons. The number of methoxy groups -OCH3 is 1. The molecule has 1 heterocycles. The number of rotatable bonds is 6. The van der Waals surface area contributed by atoms with Gasteiger partial charge in [0.25, 0.3) is 0 Å². The van der Waals surface area contributed by atoms with E-state index in [0.29, 0.717) is 32.7 Å². The van der Waals surface area contributed by atoms with Crippen LogP contribution in [0.15, 0.2) is 0 Å². The lowest BCUT2D eigenvalue weighted by Crippen LogP contribution is -2.57. The summed E-state index contributed by atoms with van der Waals surface area (Å²) < 4.78 is 9.77. The Bertz CT molecular complexity index is 270. The van der Waals surface area contributed by atoms with E-state index in [1.54, 1.807) is 14.0 Å². The van der Waals surface area contributed by atoms with E-state index >= 15 is 0 Å². The Labute approximate surface area is 101 Å². The van der Waals surface area contributed by atoms with Crippen LogP contribution in [0.1, 0.15) is 13.3 Å². The SMILES string of the molecule is CCOC(=O)[C@@H]1CCN[C@@H](NCCOC)C1=O. The van der Waals surface area contributed by atoms with Crippen molar-refractivity contribution in [3.05, 3.63) is 0 Å². The molecule has 1 aliphatic heterocycles. The molecule has 17 heavy (non-hydrogen) atoms. The van der Waals surface area contributed by atoms with E-state index in [1.807, 2.05) is 0 Å². The predicted octanol–water partition coefficient (Wildman–Crippen LogP) is -0.710. The Kier molecular flexibility index (Phi) is 6.10. The van der Waals surface area contributed by atoms with Gasteiger partial charge in [-0.25, -0.2) is 0 Å². The molecule has 0 radical (unpaired) electrons. The van der Waals surface area contributed by atoms with Gasteiger partial charge in [0.05, 0.1) is 13.2 Å². The quantitative estimate of drug-likeness (QED) is 0.365. The van der Waals surface area contributed by atoms with Gasteiger partial charge in [-0.15, -0.1) is 0 Å². The third kappa shape index (κ3) is 4.07. The second-order valence-corrected chi connectivity index (χ2v) is 3.83. The van der Waals surface area contributed by atoms with E-state index in [-0.39, 0.29) is 5.78 Å². The summed E-state index contributed by atoms with van der Waals surface area (Å²) in [4.78, 5) is 23.5. The van der Waals surface area contributed by atoms with Crippen molar-refractivity contribution in [3.8, 4) is 0 Å². The minimum absolute atomic E-state index is 0.147. The first-order valence-corrected chi connectivity index (χ1v) is 5.86. The lowest BCUT2D eigenvalue weighted by atomic mass is 9.94. The van der Waals surface area contributed by atoms with Crippen LogP contribution in [0.25, 0.3) is 0 Å². The van der Waals surface area contributed by atoms with E-state index in [2.05, 4.69) is 10.6 Å². The molecule has 6 nitrogen and oxygen atoms in total. The predicted molar refractivity (Wildman–Crippen MR) is 61.4 cm³/mol. The van der Waals surface area contributed by atoms with Gasteiger partial charge in [-0.2, -0.15) is 0 Å². The Hall–Kier alpha value is -0.980. The first-order chi connectivity index (χ1) is 8.20. The van der Waals surface area contributed by atoms with E-state index in [9.17, 15) is 9.59 Å². The van der Waals surface area contributed by atoms with Crippen molar-refractivity contribution in [2.75, 3.05) is 33.4 Å². The van der Waals surface area contributed by atoms with E-state index in [4.69, 9.17) is 9.47 Å². The Morgan fingerprint density at radius 1 is 1.59 bits per heavy atom. The normalized spacial score (nSPS) is 24.7. The molecule has 1 fully saturated rings. The molecule has 1 saturated heterocycles. The van der Waals surface area contributed by atoms with Gasteiger partial charge in [-0.3, -0.25) is 20.2 Å². The molecule has 6 heteroatoms. The highest BCUT2D eigenvalue weighted by atomic mass is 16.5. The summed E-state index contributed by atoms with van der Waals surface area (Å²) in [6, 6.07) is 0. The zero-order valence-corrected chi connectivity index (χ0v) is 10.3. The fraction of sp³-hybridized carbons (Fsp3) is 0.818. The Morgan fingerprint density at radius 3 is 3.00 bits per heavy atom. The highest BCUT2D eigenvalue weighted by molar-refractivity contribution is 6.02. The van der Waals surface area contributed by atoms with Crippen molar-refractivity contribution in [2.45, 2.75) is 19.5 Å². The average Bonchev–Trinajstić information content (AvgIpc) is 2.32. The number of carbonyl (C=O) groups is 2. The largest absolute Gasteiger partial charge is 0.465 e. The molecule has 0 aliphatic carbocycles. The second kappa shape index (κ2) is 7.37. The maximum atomic E-state index is 12.0. The van der Waals surface area contributed by atoms with Crippen LogP contribution >= 0.6 is 0 Å². The molecular formula is C11H20N2O4. The Balaban J connectivity index is 2.47. The number of carbonyl (C=O) groups excluding carboxylic acids is 2. The van der Waals surface area contributed by atoms with Gasteiger partial charge in [0, 0.05) is 13.7 Å². The lowest BCUT2D eigenvalue weighted by molar-refractivity contribution is -0.153. The summed E-state index contributed by atoms with van der Waals surface area (Å²) in [5.74, 6) is -1.21. The third-order valence-corrected chi connectivity index (χ3v) is 2.64. The average molecular weight is 244 g/mol. The lowest BCUT2D eigenvalue weighted by Gasteiger charge is -2.28. The van der Waals surface area contributed by atoms with Crippen molar-refractivity contribution in [2.24, 2.45) is 5.92 Å². The number of hydrogen-bond donors (Lipinski definition) is 2. The van der Waals surface area contributed by atoms with Crippen LogP contribution in [0, 0.1) is 5.92 Å². The number of ketones is 1. The number of ether oxygens (including phenoxy) is 2. The zero-order valence-electron chi connectivity index (χ0n) is 10.3. The molecule has 0 aromatic rings. The summed E-state index contributed by atoms with van der Waals surface area (Å²) in [5, 5.41) is 6.04.